The van der Waals surface area contributed by atoms with E-state index in [4.69, 9.17) is 8.83 Å². The highest BCUT2D eigenvalue weighted by atomic mass is 16.4. The maximum absolute atomic E-state index is 12.8. The number of nitrogens with zero attached hydrogens (tertiary/aromatic N) is 1. The first-order chi connectivity index (χ1) is 17.0. The van der Waals surface area contributed by atoms with Crippen LogP contribution in [0, 0.1) is 6.92 Å². The molecule has 0 aliphatic rings. The van der Waals surface area contributed by atoms with Crippen LogP contribution in [0.25, 0.3) is 11.1 Å². The molecule has 0 saturated carbocycles. The number of fused-ring (bicyclic) bond motifs is 1. The smallest absolute Gasteiger partial charge is 0.420 e. The van der Waals surface area contributed by atoms with Crippen molar-refractivity contribution in [3.8, 4) is 0 Å². The van der Waals surface area contributed by atoms with E-state index in [1.807, 2.05) is 25.1 Å². The molecular weight excluding hydrogens is 444 g/mol. The second kappa shape index (κ2) is 9.30. The van der Waals surface area contributed by atoms with E-state index in [1.54, 1.807) is 66.9 Å². The highest BCUT2D eigenvalue weighted by Crippen LogP contribution is 2.19. The molecule has 7 heteroatoms. The van der Waals surface area contributed by atoms with Crippen molar-refractivity contribution in [3.63, 3.8) is 0 Å². The van der Waals surface area contributed by atoms with Gasteiger partial charge in [-0.15, -0.1) is 0 Å². The lowest BCUT2D eigenvalue weighted by Crippen LogP contribution is -2.23. The first-order valence-electron chi connectivity index (χ1n) is 11.1. The normalized spacial score (nSPS) is 11.0. The Morgan fingerprint density at radius 2 is 1.69 bits per heavy atom. The van der Waals surface area contributed by atoms with Crippen molar-refractivity contribution in [1.82, 2.24) is 9.88 Å². The van der Waals surface area contributed by atoms with Gasteiger partial charge < -0.3 is 14.2 Å². The zero-order valence-corrected chi connectivity index (χ0v) is 19.0. The Morgan fingerprint density at radius 1 is 0.886 bits per heavy atom. The lowest BCUT2D eigenvalue weighted by Gasteiger charge is -2.07. The van der Waals surface area contributed by atoms with E-state index in [0.29, 0.717) is 33.6 Å². The van der Waals surface area contributed by atoms with Crippen LogP contribution in [0.4, 0.5) is 0 Å². The maximum atomic E-state index is 12.8. The zero-order chi connectivity index (χ0) is 24.4. The summed E-state index contributed by atoms with van der Waals surface area (Å²) in [5.41, 5.74) is 4.22. The van der Waals surface area contributed by atoms with Crippen LogP contribution in [0.1, 0.15) is 43.2 Å². The van der Waals surface area contributed by atoms with E-state index in [0.717, 1.165) is 11.1 Å². The molecule has 5 aromatic rings. The number of furan rings is 1. The van der Waals surface area contributed by atoms with Crippen LogP contribution in [-0.4, -0.2) is 16.3 Å². The Bertz CT molecular complexity index is 1570. The third kappa shape index (κ3) is 4.70. The Balaban J connectivity index is 1.37. The lowest BCUT2D eigenvalue weighted by atomic mass is 10.0. The molecule has 35 heavy (non-hydrogen) atoms. The van der Waals surface area contributed by atoms with E-state index in [-0.39, 0.29) is 24.8 Å². The predicted octanol–water partition coefficient (Wildman–Crippen LogP) is 4.71. The van der Waals surface area contributed by atoms with Crippen LogP contribution in [0.2, 0.25) is 0 Å². The van der Waals surface area contributed by atoms with Gasteiger partial charge in [0, 0.05) is 16.7 Å². The van der Waals surface area contributed by atoms with Crippen molar-refractivity contribution in [1.29, 1.82) is 0 Å². The molecule has 3 aromatic carbocycles. The fourth-order valence-corrected chi connectivity index (χ4v) is 3.91. The average molecular weight is 466 g/mol. The van der Waals surface area contributed by atoms with Crippen LogP contribution >= 0.6 is 0 Å². The first-order valence-corrected chi connectivity index (χ1v) is 11.1. The minimum Gasteiger partial charge on any atom is -0.467 e. The van der Waals surface area contributed by atoms with Gasteiger partial charge in [0.25, 0.3) is 5.91 Å². The molecule has 0 aliphatic heterocycles. The summed E-state index contributed by atoms with van der Waals surface area (Å²) in [5, 5.41) is 2.81. The summed E-state index contributed by atoms with van der Waals surface area (Å²) >= 11 is 0. The number of nitrogens with one attached hydrogen (secondary N) is 1. The summed E-state index contributed by atoms with van der Waals surface area (Å²) < 4.78 is 12.2. The summed E-state index contributed by atoms with van der Waals surface area (Å²) in [4.78, 5) is 38.0. The molecule has 1 N–H and O–H groups in total. The van der Waals surface area contributed by atoms with Gasteiger partial charge in [-0.1, -0.05) is 42.0 Å². The fourth-order valence-electron chi connectivity index (χ4n) is 3.91. The van der Waals surface area contributed by atoms with Gasteiger partial charge in [-0.25, -0.2) is 4.79 Å². The van der Waals surface area contributed by atoms with Crippen molar-refractivity contribution in [2.75, 3.05) is 0 Å². The number of oxazole rings is 1. The molecule has 0 aliphatic carbocycles. The zero-order valence-electron chi connectivity index (χ0n) is 19.0. The number of carbonyl (C=O) groups is 2. The van der Waals surface area contributed by atoms with Crippen molar-refractivity contribution in [3.05, 3.63) is 129 Å². The minimum absolute atomic E-state index is 0.143. The summed E-state index contributed by atoms with van der Waals surface area (Å²) in [6.45, 7) is 2.46. The second-order valence-electron chi connectivity index (χ2n) is 8.29. The van der Waals surface area contributed by atoms with Gasteiger partial charge in [-0.2, -0.15) is 0 Å². The molecule has 5 rings (SSSR count). The molecule has 1 amide bonds. The SMILES string of the molecule is Cc1ccc(C(=O)c2ccc3c(c2)oc(=O)n3Cc2cccc(C(=O)NCc3ccco3)c2)cc1. The molecule has 0 fully saturated rings. The first kappa shape index (κ1) is 22.2. The number of aromatic nitrogens is 1. The standard InChI is InChI=1S/C28H22N2O5/c1-18-7-9-20(10-8-18)26(31)21-11-12-24-25(15-21)35-28(33)30(24)17-19-4-2-5-22(14-19)27(32)29-16-23-6-3-13-34-23/h2-15H,16-17H2,1H3,(H,29,32). The van der Waals surface area contributed by atoms with Crippen molar-refractivity contribution in [2.24, 2.45) is 0 Å². The van der Waals surface area contributed by atoms with Gasteiger partial charge in [0.1, 0.15) is 5.76 Å². The quantitative estimate of drug-likeness (QED) is 0.351. The highest BCUT2D eigenvalue weighted by Gasteiger charge is 2.15. The summed E-state index contributed by atoms with van der Waals surface area (Å²) in [7, 11) is 0. The van der Waals surface area contributed by atoms with Crippen molar-refractivity contribution < 1.29 is 18.4 Å². The molecule has 7 nitrogen and oxygen atoms in total. The topological polar surface area (TPSA) is 94.5 Å². The van der Waals surface area contributed by atoms with Crippen LogP contribution < -0.4 is 11.1 Å². The van der Waals surface area contributed by atoms with Gasteiger partial charge in [0.15, 0.2) is 11.4 Å². The van der Waals surface area contributed by atoms with Gasteiger partial charge in [-0.05, 0) is 55.0 Å². The molecule has 174 valence electrons. The highest BCUT2D eigenvalue weighted by molar-refractivity contribution is 6.10. The number of benzene rings is 3. The molecule has 2 aromatic heterocycles. The molecule has 0 spiro atoms. The van der Waals surface area contributed by atoms with Gasteiger partial charge in [0.05, 0.1) is 24.9 Å². The van der Waals surface area contributed by atoms with Crippen LogP contribution in [0.5, 0.6) is 0 Å². The van der Waals surface area contributed by atoms with Crippen LogP contribution in [0.3, 0.4) is 0 Å². The van der Waals surface area contributed by atoms with E-state index in [1.165, 1.54) is 4.57 Å². The van der Waals surface area contributed by atoms with Gasteiger partial charge in [-0.3, -0.25) is 14.2 Å². The number of amides is 1. The Hall–Kier alpha value is -4.65. The Morgan fingerprint density at radius 3 is 2.46 bits per heavy atom. The van der Waals surface area contributed by atoms with Gasteiger partial charge in [0.2, 0.25) is 0 Å². The Labute approximate surface area is 200 Å². The van der Waals surface area contributed by atoms with Crippen LogP contribution in [0.15, 0.2) is 98.8 Å². The molecule has 0 saturated heterocycles. The Kier molecular flexibility index (Phi) is 5.89. The molecular formula is C28H22N2O5. The maximum Gasteiger partial charge on any atom is 0.420 e. The average Bonchev–Trinajstić information content (AvgIpc) is 3.50. The number of hydrogen-bond donors (Lipinski definition) is 1. The largest absolute Gasteiger partial charge is 0.467 e. The van der Waals surface area contributed by atoms with E-state index in [9.17, 15) is 14.4 Å². The molecule has 0 bridgehead atoms. The summed E-state index contributed by atoms with van der Waals surface area (Å²) in [6.07, 6.45) is 1.55. The predicted molar refractivity (Wildman–Crippen MR) is 131 cm³/mol. The summed E-state index contributed by atoms with van der Waals surface area (Å²) in [6, 6.07) is 22.9. The minimum atomic E-state index is -0.535. The molecule has 0 unspecified atom stereocenters. The number of ketones is 1. The number of hydrogen-bond acceptors (Lipinski definition) is 5. The number of rotatable bonds is 7. The van der Waals surface area contributed by atoms with E-state index < -0.39 is 5.76 Å². The third-order valence-corrected chi connectivity index (χ3v) is 5.78. The molecule has 0 radical (unpaired) electrons. The lowest BCUT2D eigenvalue weighted by molar-refractivity contribution is 0.0947. The van der Waals surface area contributed by atoms with E-state index in [2.05, 4.69) is 5.32 Å². The van der Waals surface area contributed by atoms with E-state index >= 15 is 0 Å². The number of carbonyl (C=O) groups excluding carboxylic acids is 2. The monoisotopic (exact) mass is 466 g/mol. The molecule has 2 heterocycles. The van der Waals surface area contributed by atoms with Crippen molar-refractivity contribution >= 4 is 22.8 Å². The number of aryl methyl sites for hydroxylation is 1. The van der Waals surface area contributed by atoms with Crippen molar-refractivity contribution in [2.45, 2.75) is 20.0 Å². The van der Waals surface area contributed by atoms with Gasteiger partial charge >= 0.3 is 5.76 Å². The fraction of sp³-hybridized carbons (Fsp3) is 0.107. The second-order valence-corrected chi connectivity index (χ2v) is 8.29. The summed E-state index contributed by atoms with van der Waals surface area (Å²) in [5.74, 6) is -0.263. The third-order valence-electron chi connectivity index (χ3n) is 5.78. The molecule has 0 atom stereocenters. The van der Waals surface area contributed by atoms with Crippen LogP contribution in [-0.2, 0) is 13.1 Å².